The minimum absolute atomic E-state index is 0.0535. The van der Waals surface area contributed by atoms with Crippen molar-refractivity contribution < 1.29 is 24.3 Å². The van der Waals surface area contributed by atoms with Crippen LogP contribution in [0.15, 0.2) is 111 Å². The van der Waals surface area contributed by atoms with E-state index >= 15 is 0 Å². The average Bonchev–Trinajstić information content (AvgIpc) is 3.32. The molecule has 0 saturated carbocycles. The Bertz CT molecular complexity index is 1980. The van der Waals surface area contributed by atoms with Crippen molar-refractivity contribution in [2.75, 3.05) is 23.9 Å². The second-order valence-corrected chi connectivity index (χ2v) is 12.9. The van der Waals surface area contributed by atoms with Crippen molar-refractivity contribution in [2.45, 2.75) is 32.6 Å². The van der Waals surface area contributed by atoms with Gasteiger partial charge in [-0.3, -0.25) is 24.1 Å². The summed E-state index contributed by atoms with van der Waals surface area (Å²) in [5.41, 5.74) is 5.80. The zero-order valence-corrected chi connectivity index (χ0v) is 26.6. The molecule has 1 saturated heterocycles. The number of hydrogen-bond donors (Lipinski definition) is 1. The summed E-state index contributed by atoms with van der Waals surface area (Å²) in [4.78, 5) is 58.3. The maximum atomic E-state index is 14.2. The number of phenolic OH excluding ortho intramolecular Hbond substituents is 1. The maximum Gasteiger partial charge on any atom is 0.238 e. The molecular weight excluding hydrogens is 592 g/mol. The number of para-hydroxylation sites is 1. The number of carbonyl (C=O) groups excluding carboxylic acids is 4. The molecule has 4 aliphatic rings. The van der Waals surface area contributed by atoms with E-state index in [4.69, 9.17) is 0 Å². The molecule has 1 aliphatic heterocycles. The number of fused-ring (bicyclic) bond motifs is 3. The van der Waals surface area contributed by atoms with Gasteiger partial charge in [-0.2, -0.15) is 10.2 Å². The summed E-state index contributed by atoms with van der Waals surface area (Å²) in [6.07, 6.45) is 3.82. The minimum atomic E-state index is -0.704. The molecule has 4 unspecified atom stereocenters. The number of allylic oxidation sites excluding steroid dienone is 6. The Balaban J connectivity index is 1.20. The summed E-state index contributed by atoms with van der Waals surface area (Å²) < 4.78 is 0. The van der Waals surface area contributed by atoms with Gasteiger partial charge < -0.3 is 10.0 Å². The molecule has 47 heavy (non-hydrogen) atoms. The van der Waals surface area contributed by atoms with Crippen molar-refractivity contribution in [3.63, 3.8) is 0 Å². The highest BCUT2D eigenvalue weighted by Gasteiger charge is 2.56. The molecule has 0 spiro atoms. The number of Topliss-reactive ketones (excluding diaryl/α,β-unsaturated/α-hetero) is 1. The highest BCUT2D eigenvalue weighted by atomic mass is 16.3. The predicted molar refractivity (Wildman–Crippen MR) is 178 cm³/mol. The largest absolute Gasteiger partial charge is 0.507 e. The zero-order chi connectivity index (χ0) is 33.1. The van der Waals surface area contributed by atoms with Crippen molar-refractivity contribution in [3.05, 3.63) is 112 Å². The van der Waals surface area contributed by atoms with E-state index in [9.17, 15) is 24.3 Å². The van der Waals surface area contributed by atoms with Gasteiger partial charge in [0.2, 0.25) is 11.8 Å². The first kappa shape index (κ1) is 30.2. The Morgan fingerprint density at radius 3 is 2.15 bits per heavy atom. The molecule has 0 bridgehead atoms. The second kappa shape index (κ2) is 11.4. The lowest BCUT2D eigenvalue weighted by Crippen LogP contribution is -2.39. The van der Waals surface area contributed by atoms with Gasteiger partial charge in [0.05, 0.1) is 28.9 Å². The fourth-order valence-electron chi connectivity index (χ4n) is 7.51. The molecule has 3 aromatic rings. The highest BCUT2D eigenvalue weighted by Crippen LogP contribution is 2.56. The van der Waals surface area contributed by atoms with E-state index in [-0.39, 0.29) is 35.6 Å². The van der Waals surface area contributed by atoms with Gasteiger partial charge in [-0.25, -0.2) is 0 Å². The molecule has 3 aromatic carbocycles. The minimum Gasteiger partial charge on any atom is -0.507 e. The third-order valence-corrected chi connectivity index (χ3v) is 9.90. The first-order valence-electron chi connectivity index (χ1n) is 15.7. The Kier molecular flexibility index (Phi) is 7.34. The Labute approximate surface area is 272 Å². The number of aryl methyl sites for hydroxylation is 1. The van der Waals surface area contributed by atoms with Crippen LogP contribution in [-0.2, 0) is 19.2 Å². The molecule has 236 valence electrons. The molecule has 7 rings (SSSR count). The number of aromatic hydroxyl groups is 1. The Morgan fingerprint density at radius 1 is 0.830 bits per heavy atom. The van der Waals surface area contributed by atoms with Crippen molar-refractivity contribution in [1.29, 1.82) is 0 Å². The number of carbonyl (C=O) groups is 4. The molecule has 9 nitrogen and oxygen atoms in total. The monoisotopic (exact) mass is 626 g/mol. The normalized spacial score (nSPS) is 23.9. The first-order valence-corrected chi connectivity index (χ1v) is 15.7. The molecular formula is C38H34N4O5. The molecule has 4 atom stereocenters. The third kappa shape index (κ3) is 4.93. The lowest BCUT2D eigenvalue weighted by atomic mass is 9.59. The lowest BCUT2D eigenvalue weighted by molar-refractivity contribution is -0.123. The number of imide groups is 1. The highest BCUT2D eigenvalue weighted by molar-refractivity contribution is 6.25. The van der Waals surface area contributed by atoms with Crippen LogP contribution in [0.4, 0.5) is 22.7 Å². The van der Waals surface area contributed by atoms with Gasteiger partial charge in [0.25, 0.3) is 0 Å². The average molecular weight is 627 g/mol. The van der Waals surface area contributed by atoms with Crippen LogP contribution in [0.5, 0.6) is 5.75 Å². The predicted octanol–water partition coefficient (Wildman–Crippen LogP) is 6.82. The summed E-state index contributed by atoms with van der Waals surface area (Å²) in [5.74, 6) is -3.53. The molecule has 1 N–H and O–H groups in total. The van der Waals surface area contributed by atoms with E-state index in [0.717, 1.165) is 11.3 Å². The van der Waals surface area contributed by atoms with E-state index in [1.807, 2.05) is 55.4 Å². The number of ketones is 2. The standard InChI is InChI=1S/C38H34N4O5/c1-20-6-5-7-27(35(20)44)32-26-16-17-28-33(29(26)19-30-34(32)31(43)18-21(2)36(30)45)38(47)42(37(28)46)25-14-10-23(11-15-25)40-39-22-8-12-24(13-9-22)41(3)4/h5-16,18,28-29,32-33,44H,17,19H2,1-4H3. The van der Waals surface area contributed by atoms with Gasteiger partial charge in [0.1, 0.15) is 5.75 Å². The molecule has 9 heteroatoms. The quantitative estimate of drug-likeness (QED) is 0.144. The van der Waals surface area contributed by atoms with Crippen LogP contribution in [0, 0.1) is 24.7 Å². The number of hydrogen-bond acceptors (Lipinski definition) is 8. The number of azo groups is 1. The number of rotatable bonds is 5. The number of amides is 2. The smallest absolute Gasteiger partial charge is 0.238 e. The summed E-state index contributed by atoms with van der Waals surface area (Å²) in [6.45, 7) is 3.40. The van der Waals surface area contributed by atoms with Gasteiger partial charge in [0.15, 0.2) is 11.6 Å². The van der Waals surface area contributed by atoms with E-state index in [0.29, 0.717) is 51.3 Å². The van der Waals surface area contributed by atoms with Crippen molar-refractivity contribution in [3.8, 4) is 5.75 Å². The summed E-state index contributed by atoms with van der Waals surface area (Å²) in [5, 5.41) is 19.8. The van der Waals surface area contributed by atoms with Crippen LogP contribution in [0.3, 0.4) is 0 Å². The third-order valence-electron chi connectivity index (χ3n) is 9.90. The molecule has 2 amide bonds. The van der Waals surface area contributed by atoms with Crippen LogP contribution in [0.2, 0.25) is 0 Å². The van der Waals surface area contributed by atoms with Crippen LogP contribution in [0.1, 0.15) is 36.8 Å². The number of benzene rings is 3. The topological polar surface area (TPSA) is 120 Å². The van der Waals surface area contributed by atoms with Gasteiger partial charge in [0, 0.05) is 48.0 Å². The van der Waals surface area contributed by atoms with Crippen LogP contribution in [0.25, 0.3) is 0 Å². The van der Waals surface area contributed by atoms with Crippen molar-refractivity contribution >= 4 is 46.1 Å². The molecule has 0 aromatic heterocycles. The molecule has 0 radical (unpaired) electrons. The van der Waals surface area contributed by atoms with E-state index in [2.05, 4.69) is 10.2 Å². The van der Waals surface area contributed by atoms with Gasteiger partial charge in [-0.05, 0) is 92.8 Å². The zero-order valence-electron chi connectivity index (χ0n) is 26.6. The summed E-state index contributed by atoms with van der Waals surface area (Å²) >= 11 is 0. The second-order valence-electron chi connectivity index (χ2n) is 12.9. The number of anilines is 2. The van der Waals surface area contributed by atoms with Crippen molar-refractivity contribution in [1.82, 2.24) is 0 Å². The van der Waals surface area contributed by atoms with Crippen LogP contribution < -0.4 is 9.80 Å². The van der Waals surface area contributed by atoms with Gasteiger partial charge in [-0.15, -0.1) is 0 Å². The van der Waals surface area contributed by atoms with E-state index in [1.54, 1.807) is 50.2 Å². The Hall–Kier alpha value is -5.44. The number of nitrogens with zero attached hydrogens (tertiary/aromatic N) is 4. The fourth-order valence-corrected chi connectivity index (χ4v) is 7.51. The van der Waals surface area contributed by atoms with Gasteiger partial charge in [-0.1, -0.05) is 29.8 Å². The number of phenols is 1. The molecule has 1 fully saturated rings. The van der Waals surface area contributed by atoms with E-state index in [1.165, 1.54) is 11.0 Å². The van der Waals surface area contributed by atoms with Crippen molar-refractivity contribution in [2.24, 2.45) is 28.0 Å². The van der Waals surface area contributed by atoms with Crippen LogP contribution >= 0.6 is 0 Å². The lowest BCUT2D eigenvalue weighted by Gasteiger charge is -2.42. The Morgan fingerprint density at radius 2 is 1.49 bits per heavy atom. The maximum absolute atomic E-state index is 14.2. The fraction of sp³-hybridized carbons (Fsp3) is 0.263. The van der Waals surface area contributed by atoms with Crippen LogP contribution in [-0.4, -0.2) is 42.6 Å². The summed E-state index contributed by atoms with van der Waals surface area (Å²) in [6, 6.07) is 19.8. The van der Waals surface area contributed by atoms with E-state index < -0.39 is 23.7 Å². The first-order chi connectivity index (χ1) is 22.5. The SMILES string of the molecule is CC1=CC(=O)C2=C(CC3C(=CCC4C(=O)N(c5ccc(N=Nc6ccc(N(C)C)cc6)cc5)C(=O)C43)C2c2cccc(C)c2O)C1=O. The molecule has 3 aliphatic carbocycles. The van der Waals surface area contributed by atoms with Gasteiger partial charge >= 0.3 is 0 Å². The summed E-state index contributed by atoms with van der Waals surface area (Å²) in [7, 11) is 3.93. The molecule has 1 heterocycles.